The van der Waals surface area contributed by atoms with Gasteiger partial charge in [0.1, 0.15) is 0 Å². The quantitative estimate of drug-likeness (QED) is 0.828. The van der Waals surface area contributed by atoms with Crippen LogP contribution in [0.1, 0.15) is 25.6 Å². The summed E-state index contributed by atoms with van der Waals surface area (Å²) < 4.78 is 37.5. The maximum atomic E-state index is 12.5. The molecule has 0 saturated carbocycles. The Morgan fingerprint density at radius 3 is 2.47 bits per heavy atom. The molecule has 1 atom stereocenters. The summed E-state index contributed by atoms with van der Waals surface area (Å²) in [6.45, 7) is 5.81. The maximum absolute atomic E-state index is 12.5. The molecule has 2 nitrogen and oxygen atoms in total. The maximum Gasteiger partial charge on any atom is 0.401 e. The van der Waals surface area contributed by atoms with Gasteiger partial charge in [-0.25, -0.2) is 0 Å². The largest absolute Gasteiger partial charge is 0.401 e. The highest BCUT2D eigenvalue weighted by molar-refractivity contribution is 7.09. The summed E-state index contributed by atoms with van der Waals surface area (Å²) in [5.74, 6) is 0. The molecule has 0 spiro atoms. The highest BCUT2D eigenvalue weighted by atomic mass is 32.1. The van der Waals surface area contributed by atoms with E-state index in [0.717, 1.165) is 0 Å². The van der Waals surface area contributed by atoms with Crippen LogP contribution < -0.4 is 5.32 Å². The van der Waals surface area contributed by atoms with Gasteiger partial charge in [-0.15, -0.1) is 11.3 Å². The molecular weight excluding hydrogens is 273 g/mol. The highest BCUT2D eigenvalue weighted by Crippen LogP contribution is 2.19. The van der Waals surface area contributed by atoms with E-state index in [1.54, 1.807) is 25.2 Å². The van der Waals surface area contributed by atoms with E-state index in [-0.39, 0.29) is 12.1 Å². The number of rotatable bonds is 7. The van der Waals surface area contributed by atoms with E-state index in [9.17, 15) is 13.2 Å². The highest BCUT2D eigenvalue weighted by Gasteiger charge is 2.33. The second kappa shape index (κ2) is 7.26. The number of hydrogen-bond donors (Lipinski definition) is 1. The number of nitrogens with one attached hydrogen (secondary N) is 1. The van der Waals surface area contributed by atoms with Crippen molar-refractivity contribution in [3.8, 4) is 0 Å². The standard InChI is InChI=1S/C13H21F3N2S/c1-10(2)18(9-13(14,15)16)11(3)7-17-8-12-5-4-6-19-12/h4-6,10-11,17H,7-9H2,1-3H3. The predicted molar refractivity (Wildman–Crippen MR) is 73.4 cm³/mol. The summed E-state index contributed by atoms with van der Waals surface area (Å²) in [5, 5.41) is 5.20. The number of thiophene rings is 1. The van der Waals surface area contributed by atoms with E-state index < -0.39 is 12.7 Å². The Hall–Kier alpha value is -0.590. The van der Waals surface area contributed by atoms with Gasteiger partial charge in [0.2, 0.25) is 0 Å². The third kappa shape index (κ3) is 6.40. The van der Waals surface area contributed by atoms with E-state index in [1.165, 1.54) is 9.78 Å². The Morgan fingerprint density at radius 1 is 1.32 bits per heavy atom. The predicted octanol–water partition coefficient (Wildman–Crippen LogP) is 3.50. The molecule has 1 heterocycles. The van der Waals surface area contributed by atoms with Crippen LogP contribution in [0.5, 0.6) is 0 Å². The Bertz CT molecular complexity index is 349. The molecule has 0 aliphatic rings. The Morgan fingerprint density at radius 2 is 2.00 bits per heavy atom. The van der Waals surface area contributed by atoms with Crippen LogP contribution >= 0.6 is 11.3 Å². The lowest BCUT2D eigenvalue weighted by Crippen LogP contribution is -2.48. The van der Waals surface area contributed by atoms with Crippen LogP contribution in [0.25, 0.3) is 0 Å². The van der Waals surface area contributed by atoms with E-state index in [2.05, 4.69) is 5.32 Å². The lowest BCUT2D eigenvalue weighted by Gasteiger charge is -2.33. The summed E-state index contributed by atoms with van der Waals surface area (Å²) in [7, 11) is 0. The zero-order valence-electron chi connectivity index (χ0n) is 11.5. The molecule has 1 aromatic rings. The van der Waals surface area contributed by atoms with Crippen LogP contribution in [0.3, 0.4) is 0 Å². The Kier molecular flexibility index (Phi) is 6.29. The molecule has 0 aliphatic carbocycles. The molecule has 1 aromatic heterocycles. The normalized spacial score (nSPS) is 14.3. The minimum Gasteiger partial charge on any atom is -0.310 e. The van der Waals surface area contributed by atoms with Crippen molar-refractivity contribution in [3.05, 3.63) is 22.4 Å². The monoisotopic (exact) mass is 294 g/mol. The molecular formula is C13H21F3N2S. The lowest BCUT2D eigenvalue weighted by molar-refractivity contribution is -0.154. The van der Waals surface area contributed by atoms with Gasteiger partial charge >= 0.3 is 6.18 Å². The first-order valence-electron chi connectivity index (χ1n) is 6.35. The van der Waals surface area contributed by atoms with Crippen LogP contribution in [0, 0.1) is 0 Å². The summed E-state index contributed by atoms with van der Waals surface area (Å²) in [6, 6.07) is 3.70. The fourth-order valence-electron chi connectivity index (χ4n) is 1.99. The average molecular weight is 294 g/mol. The molecule has 0 aromatic carbocycles. The fraction of sp³-hybridized carbons (Fsp3) is 0.692. The van der Waals surface area contributed by atoms with Crippen molar-refractivity contribution in [2.45, 2.75) is 45.6 Å². The number of nitrogens with zero attached hydrogens (tertiary/aromatic N) is 1. The van der Waals surface area contributed by atoms with E-state index in [4.69, 9.17) is 0 Å². The van der Waals surface area contributed by atoms with Crippen molar-refractivity contribution in [2.75, 3.05) is 13.1 Å². The molecule has 0 amide bonds. The minimum atomic E-state index is -4.15. The first-order chi connectivity index (χ1) is 8.79. The molecule has 0 saturated heterocycles. The van der Waals surface area contributed by atoms with Crippen LogP contribution in [0.2, 0.25) is 0 Å². The van der Waals surface area contributed by atoms with Gasteiger partial charge in [0.05, 0.1) is 6.54 Å². The first kappa shape index (κ1) is 16.5. The third-order valence-electron chi connectivity index (χ3n) is 2.91. The molecule has 0 aliphatic heterocycles. The Balaban J connectivity index is 2.41. The van der Waals surface area contributed by atoms with Gasteiger partial charge in [0.15, 0.2) is 0 Å². The van der Waals surface area contributed by atoms with E-state index in [0.29, 0.717) is 13.1 Å². The summed E-state index contributed by atoms with van der Waals surface area (Å²) in [5.41, 5.74) is 0. The van der Waals surface area contributed by atoms with Gasteiger partial charge in [-0.2, -0.15) is 13.2 Å². The van der Waals surface area contributed by atoms with E-state index >= 15 is 0 Å². The molecule has 0 radical (unpaired) electrons. The van der Waals surface area contributed by atoms with Gasteiger partial charge < -0.3 is 5.32 Å². The van der Waals surface area contributed by atoms with Gasteiger partial charge in [0, 0.05) is 30.1 Å². The zero-order valence-corrected chi connectivity index (χ0v) is 12.3. The second-order valence-electron chi connectivity index (χ2n) is 4.94. The van der Waals surface area contributed by atoms with Gasteiger partial charge in [-0.1, -0.05) is 6.07 Å². The third-order valence-corrected chi connectivity index (χ3v) is 3.79. The van der Waals surface area contributed by atoms with Crippen molar-refractivity contribution in [1.29, 1.82) is 0 Å². The number of hydrogen-bond acceptors (Lipinski definition) is 3. The summed E-state index contributed by atoms with van der Waals surface area (Å²) in [6.07, 6.45) is -4.15. The lowest BCUT2D eigenvalue weighted by atomic mass is 10.2. The van der Waals surface area contributed by atoms with Gasteiger partial charge in [-0.3, -0.25) is 4.90 Å². The van der Waals surface area contributed by atoms with Crippen molar-refractivity contribution in [2.24, 2.45) is 0 Å². The Labute approximate surface area is 116 Å². The molecule has 1 rings (SSSR count). The SMILES string of the molecule is CC(C)N(CC(F)(F)F)C(C)CNCc1cccs1. The van der Waals surface area contributed by atoms with Crippen LogP contribution in [-0.2, 0) is 6.54 Å². The van der Waals surface area contributed by atoms with Crippen LogP contribution in [0.4, 0.5) is 13.2 Å². The molecule has 1 unspecified atom stereocenters. The van der Waals surface area contributed by atoms with Crippen LogP contribution in [0.15, 0.2) is 17.5 Å². The first-order valence-corrected chi connectivity index (χ1v) is 7.23. The molecule has 19 heavy (non-hydrogen) atoms. The van der Waals surface area contributed by atoms with Gasteiger partial charge in [0.25, 0.3) is 0 Å². The average Bonchev–Trinajstić information content (AvgIpc) is 2.77. The smallest absolute Gasteiger partial charge is 0.310 e. The van der Waals surface area contributed by atoms with Crippen molar-refractivity contribution in [1.82, 2.24) is 10.2 Å². The van der Waals surface area contributed by atoms with Crippen molar-refractivity contribution >= 4 is 11.3 Å². The molecule has 0 bridgehead atoms. The number of halogens is 3. The van der Waals surface area contributed by atoms with E-state index in [1.807, 2.05) is 24.4 Å². The summed E-state index contributed by atoms with van der Waals surface area (Å²) >= 11 is 1.64. The van der Waals surface area contributed by atoms with Crippen molar-refractivity contribution in [3.63, 3.8) is 0 Å². The minimum absolute atomic E-state index is 0.125. The fourth-order valence-corrected chi connectivity index (χ4v) is 2.66. The second-order valence-corrected chi connectivity index (χ2v) is 5.97. The topological polar surface area (TPSA) is 15.3 Å². The van der Waals surface area contributed by atoms with Gasteiger partial charge in [-0.05, 0) is 32.2 Å². The zero-order chi connectivity index (χ0) is 14.5. The summed E-state index contributed by atoms with van der Waals surface area (Å²) in [4.78, 5) is 2.67. The number of alkyl halides is 3. The van der Waals surface area contributed by atoms with Crippen LogP contribution in [-0.4, -0.2) is 36.2 Å². The molecule has 110 valence electrons. The molecule has 0 fully saturated rings. The van der Waals surface area contributed by atoms with Crippen molar-refractivity contribution < 1.29 is 13.2 Å². The molecule has 1 N–H and O–H groups in total. The molecule has 6 heteroatoms.